The van der Waals surface area contributed by atoms with Gasteiger partial charge in [-0.05, 0) is 18.8 Å². The van der Waals surface area contributed by atoms with E-state index in [2.05, 4.69) is 36.0 Å². The van der Waals surface area contributed by atoms with Gasteiger partial charge in [0.2, 0.25) is 0 Å². The van der Waals surface area contributed by atoms with Gasteiger partial charge in [0.05, 0.1) is 0 Å². The second-order valence-electron chi connectivity index (χ2n) is 4.28. The Morgan fingerprint density at radius 3 is 3.15 bits per heavy atom. The molecule has 0 aromatic carbocycles. The van der Waals surface area contributed by atoms with Gasteiger partial charge in [-0.25, -0.2) is 0 Å². The molecule has 4 atom stereocenters. The van der Waals surface area contributed by atoms with Crippen molar-refractivity contribution in [3.8, 4) is 0 Å². The molecule has 1 aliphatic heterocycles. The summed E-state index contributed by atoms with van der Waals surface area (Å²) in [5.74, 6) is 1.56. The fraction of sp³-hybridized carbons (Fsp3) is 0.583. The van der Waals surface area contributed by atoms with Gasteiger partial charge in [0.1, 0.15) is 0 Å². The van der Waals surface area contributed by atoms with Gasteiger partial charge in [-0.1, -0.05) is 30.7 Å². The Morgan fingerprint density at radius 1 is 1.23 bits per heavy atom. The van der Waals surface area contributed by atoms with E-state index in [9.17, 15) is 0 Å². The van der Waals surface area contributed by atoms with E-state index in [1.165, 1.54) is 19.3 Å². The van der Waals surface area contributed by atoms with E-state index in [1.54, 1.807) is 0 Å². The SMILES string of the molecule is [C]1CCCC2C1NC1C=CC=CC12. The molecule has 0 amide bonds. The second-order valence-corrected chi connectivity index (χ2v) is 4.28. The van der Waals surface area contributed by atoms with Gasteiger partial charge in [-0.2, -0.15) is 0 Å². The topological polar surface area (TPSA) is 12.0 Å². The van der Waals surface area contributed by atoms with E-state index in [1.807, 2.05) is 0 Å². The molecule has 1 heterocycles. The van der Waals surface area contributed by atoms with Crippen molar-refractivity contribution in [3.05, 3.63) is 30.7 Å². The first-order chi connectivity index (χ1) is 6.45. The highest BCUT2D eigenvalue weighted by molar-refractivity contribution is 5.23. The molecule has 0 aromatic heterocycles. The molecule has 68 valence electrons. The predicted octanol–water partition coefficient (Wildman–Crippen LogP) is 1.95. The minimum absolute atomic E-state index is 0.566. The summed E-state index contributed by atoms with van der Waals surface area (Å²) >= 11 is 0. The van der Waals surface area contributed by atoms with Crippen LogP contribution in [0.2, 0.25) is 0 Å². The zero-order valence-corrected chi connectivity index (χ0v) is 7.74. The van der Waals surface area contributed by atoms with Crippen molar-refractivity contribution in [2.75, 3.05) is 0 Å². The van der Waals surface area contributed by atoms with Crippen molar-refractivity contribution < 1.29 is 0 Å². The van der Waals surface area contributed by atoms with E-state index >= 15 is 0 Å². The summed E-state index contributed by atoms with van der Waals surface area (Å²) < 4.78 is 0. The minimum atomic E-state index is 0.566. The summed E-state index contributed by atoms with van der Waals surface area (Å²) in [4.78, 5) is 0. The summed E-state index contributed by atoms with van der Waals surface area (Å²) in [6, 6.07) is 1.15. The van der Waals surface area contributed by atoms with Crippen LogP contribution >= 0.6 is 0 Å². The van der Waals surface area contributed by atoms with Crippen molar-refractivity contribution in [1.29, 1.82) is 0 Å². The van der Waals surface area contributed by atoms with Gasteiger partial charge < -0.3 is 5.32 Å². The lowest BCUT2D eigenvalue weighted by Crippen LogP contribution is -2.32. The van der Waals surface area contributed by atoms with Crippen LogP contribution in [0.15, 0.2) is 24.3 Å². The van der Waals surface area contributed by atoms with Crippen LogP contribution in [0.25, 0.3) is 0 Å². The Kier molecular flexibility index (Phi) is 1.79. The number of hydrogen-bond donors (Lipinski definition) is 1. The average molecular weight is 173 g/mol. The molecule has 0 spiro atoms. The number of hydrogen-bond acceptors (Lipinski definition) is 1. The number of allylic oxidation sites excluding steroid dienone is 2. The second kappa shape index (κ2) is 2.98. The van der Waals surface area contributed by atoms with Crippen LogP contribution < -0.4 is 5.32 Å². The Bertz CT molecular complexity index is 254. The third-order valence-electron chi connectivity index (χ3n) is 3.55. The molecule has 3 rings (SSSR count). The maximum absolute atomic E-state index is 3.65. The molecule has 1 nitrogen and oxygen atoms in total. The van der Waals surface area contributed by atoms with Crippen molar-refractivity contribution >= 4 is 0 Å². The molecule has 2 radical (unpaired) electrons. The first-order valence-corrected chi connectivity index (χ1v) is 5.29. The van der Waals surface area contributed by atoms with Gasteiger partial charge in [0.25, 0.3) is 0 Å². The summed E-state index contributed by atoms with van der Waals surface area (Å²) in [6.07, 6.45) is 16.5. The van der Waals surface area contributed by atoms with Gasteiger partial charge >= 0.3 is 0 Å². The summed E-state index contributed by atoms with van der Waals surface area (Å²) in [6.45, 7) is 0. The first kappa shape index (κ1) is 7.81. The number of nitrogens with one attached hydrogen (secondary N) is 1. The van der Waals surface area contributed by atoms with E-state index in [0.717, 1.165) is 11.8 Å². The van der Waals surface area contributed by atoms with E-state index in [0.29, 0.717) is 12.1 Å². The van der Waals surface area contributed by atoms with Crippen molar-refractivity contribution in [2.24, 2.45) is 11.8 Å². The van der Waals surface area contributed by atoms with Gasteiger partial charge in [-0.3, -0.25) is 0 Å². The Morgan fingerprint density at radius 2 is 2.15 bits per heavy atom. The van der Waals surface area contributed by atoms with E-state index in [-0.39, 0.29) is 0 Å². The maximum atomic E-state index is 3.65. The molecule has 1 heteroatoms. The standard InChI is InChI=1S/C12H15N/c1-3-7-11-9(5-1)10-6-2-4-8-12(10)13-11/h1,3,5,7,9-13H,2,4,6H2. The molecule has 0 bridgehead atoms. The molecule has 2 fully saturated rings. The largest absolute Gasteiger partial charge is 0.306 e. The van der Waals surface area contributed by atoms with Crippen LogP contribution in [-0.2, 0) is 0 Å². The van der Waals surface area contributed by atoms with Gasteiger partial charge in [-0.15, -0.1) is 0 Å². The fourth-order valence-corrected chi connectivity index (χ4v) is 2.92. The van der Waals surface area contributed by atoms with Crippen molar-refractivity contribution in [3.63, 3.8) is 0 Å². The van der Waals surface area contributed by atoms with E-state index < -0.39 is 0 Å². The highest BCUT2D eigenvalue weighted by Crippen LogP contribution is 2.39. The smallest absolute Gasteiger partial charge is 0.0322 e. The molecular weight excluding hydrogens is 158 g/mol. The zero-order valence-electron chi connectivity index (χ0n) is 7.74. The minimum Gasteiger partial charge on any atom is -0.306 e. The number of fused-ring (bicyclic) bond motifs is 3. The summed E-state index contributed by atoms with van der Waals surface area (Å²) in [5, 5.41) is 3.65. The zero-order chi connectivity index (χ0) is 8.67. The van der Waals surface area contributed by atoms with Crippen molar-refractivity contribution in [2.45, 2.75) is 31.3 Å². The summed E-state index contributed by atoms with van der Waals surface area (Å²) in [5.41, 5.74) is 0. The Labute approximate surface area is 79.9 Å². The molecule has 3 aliphatic rings. The predicted molar refractivity (Wildman–Crippen MR) is 53.1 cm³/mol. The summed E-state index contributed by atoms with van der Waals surface area (Å²) in [7, 11) is 0. The third kappa shape index (κ3) is 1.18. The quantitative estimate of drug-likeness (QED) is 0.590. The lowest BCUT2D eigenvalue weighted by molar-refractivity contribution is 0.347. The molecule has 4 unspecified atom stereocenters. The highest BCUT2D eigenvalue weighted by Gasteiger charge is 2.41. The molecule has 1 N–H and O–H groups in total. The fourth-order valence-electron chi connectivity index (χ4n) is 2.92. The van der Waals surface area contributed by atoms with Crippen LogP contribution in [0, 0.1) is 18.3 Å². The van der Waals surface area contributed by atoms with Crippen molar-refractivity contribution in [1.82, 2.24) is 5.32 Å². The normalized spacial score (nSPS) is 47.4. The van der Waals surface area contributed by atoms with Gasteiger partial charge in [0, 0.05) is 24.4 Å². The monoisotopic (exact) mass is 173 g/mol. The van der Waals surface area contributed by atoms with Crippen LogP contribution in [0.5, 0.6) is 0 Å². The van der Waals surface area contributed by atoms with Gasteiger partial charge in [0.15, 0.2) is 0 Å². The first-order valence-electron chi connectivity index (χ1n) is 5.29. The Hall–Kier alpha value is -0.560. The number of rotatable bonds is 0. The lowest BCUT2D eigenvalue weighted by atomic mass is 9.77. The Balaban J connectivity index is 1.85. The molecule has 0 aromatic rings. The third-order valence-corrected chi connectivity index (χ3v) is 3.55. The van der Waals surface area contributed by atoms with E-state index in [4.69, 9.17) is 0 Å². The molecule has 1 saturated heterocycles. The molecule has 1 saturated carbocycles. The molecule has 13 heavy (non-hydrogen) atoms. The lowest BCUT2D eigenvalue weighted by Gasteiger charge is -2.26. The molecule has 2 aliphatic carbocycles. The van der Waals surface area contributed by atoms with Crippen LogP contribution in [0.1, 0.15) is 19.3 Å². The van der Waals surface area contributed by atoms with Crippen LogP contribution in [0.4, 0.5) is 0 Å². The van der Waals surface area contributed by atoms with Crippen LogP contribution in [-0.4, -0.2) is 12.1 Å². The maximum Gasteiger partial charge on any atom is 0.0322 e. The highest BCUT2D eigenvalue weighted by atomic mass is 15.0. The van der Waals surface area contributed by atoms with Crippen LogP contribution in [0.3, 0.4) is 0 Å². The molecular formula is C12H15N. The average Bonchev–Trinajstić information content (AvgIpc) is 2.56.